The molecular formula is C20H25N3O2. The number of hydrogen-bond donors (Lipinski definition) is 1. The number of amides is 2. The van der Waals surface area contributed by atoms with Crippen LogP contribution in [-0.2, 0) is 4.79 Å². The maximum atomic E-state index is 13.0. The van der Waals surface area contributed by atoms with Gasteiger partial charge in [-0.1, -0.05) is 32.0 Å². The highest BCUT2D eigenvalue weighted by atomic mass is 16.2. The number of nitrogens with one attached hydrogen (secondary N) is 1. The van der Waals surface area contributed by atoms with Crippen LogP contribution in [0.4, 0.5) is 5.69 Å². The lowest BCUT2D eigenvalue weighted by molar-refractivity contribution is -0.124. The van der Waals surface area contributed by atoms with E-state index in [4.69, 9.17) is 0 Å². The molecule has 25 heavy (non-hydrogen) atoms. The van der Waals surface area contributed by atoms with Crippen molar-refractivity contribution in [3.05, 3.63) is 53.9 Å². The summed E-state index contributed by atoms with van der Waals surface area (Å²) in [6.45, 7) is 4.79. The van der Waals surface area contributed by atoms with Gasteiger partial charge in [-0.15, -0.1) is 0 Å². The predicted octanol–water partition coefficient (Wildman–Crippen LogP) is 3.41. The van der Waals surface area contributed by atoms with Crippen molar-refractivity contribution in [2.24, 2.45) is 0 Å². The average molecular weight is 339 g/mol. The van der Waals surface area contributed by atoms with E-state index in [0.717, 1.165) is 17.8 Å². The van der Waals surface area contributed by atoms with Crippen LogP contribution in [0.5, 0.6) is 0 Å². The molecule has 1 aromatic carbocycles. The molecule has 0 radical (unpaired) electrons. The van der Waals surface area contributed by atoms with Crippen molar-refractivity contribution >= 4 is 17.5 Å². The number of carbonyl (C=O) groups excluding carboxylic acids is 2. The van der Waals surface area contributed by atoms with E-state index in [9.17, 15) is 9.59 Å². The molecule has 1 atom stereocenters. The van der Waals surface area contributed by atoms with E-state index in [1.54, 1.807) is 29.1 Å². The molecule has 1 aromatic heterocycles. The number of rotatable bonds is 4. The van der Waals surface area contributed by atoms with Crippen LogP contribution in [0.2, 0.25) is 0 Å². The molecule has 5 heteroatoms. The Labute approximate surface area is 148 Å². The zero-order chi connectivity index (χ0) is 18.0. The van der Waals surface area contributed by atoms with Crippen molar-refractivity contribution in [1.82, 2.24) is 9.88 Å². The highest BCUT2D eigenvalue weighted by molar-refractivity contribution is 6.03. The van der Waals surface area contributed by atoms with Gasteiger partial charge in [-0.05, 0) is 37.0 Å². The van der Waals surface area contributed by atoms with E-state index in [0.29, 0.717) is 18.5 Å². The van der Waals surface area contributed by atoms with Crippen LogP contribution >= 0.6 is 0 Å². The number of para-hydroxylation sites is 1. The molecule has 1 saturated heterocycles. The molecule has 1 fully saturated rings. The van der Waals surface area contributed by atoms with Gasteiger partial charge in [0.05, 0.1) is 5.56 Å². The van der Waals surface area contributed by atoms with E-state index in [1.165, 1.54) is 0 Å². The second-order valence-electron chi connectivity index (χ2n) is 6.86. The van der Waals surface area contributed by atoms with Crippen LogP contribution in [0, 0.1) is 0 Å². The van der Waals surface area contributed by atoms with Gasteiger partial charge in [-0.25, -0.2) is 0 Å². The minimum atomic E-state index is -0.420. The number of aromatic amines is 1. The molecular weight excluding hydrogens is 314 g/mol. The summed E-state index contributed by atoms with van der Waals surface area (Å²) in [5.41, 5.74) is 2.46. The average Bonchev–Trinajstić information content (AvgIpc) is 3.11. The number of likely N-dealkylation sites (N-methyl/N-ethyl adjacent to an activating group) is 1. The summed E-state index contributed by atoms with van der Waals surface area (Å²) in [6, 6.07) is 11.0. The fourth-order valence-corrected chi connectivity index (χ4v) is 3.46. The Morgan fingerprint density at radius 3 is 2.64 bits per heavy atom. The van der Waals surface area contributed by atoms with Crippen molar-refractivity contribution in [2.45, 2.75) is 38.6 Å². The van der Waals surface area contributed by atoms with Crippen molar-refractivity contribution in [2.75, 3.05) is 18.5 Å². The normalized spacial score (nSPS) is 17.8. The molecule has 0 saturated carbocycles. The van der Waals surface area contributed by atoms with Gasteiger partial charge in [0.1, 0.15) is 6.04 Å². The Kier molecular flexibility index (Phi) is 4.93. The van der Waals surface area contributed by atoms with E-state index < -0.39 is 6.04 Å². The quantitative estimate of drug-likeness (QED) is 0.928. The summed E-state index contributed by atoms with van der Waals surface area (Å²) >= 11 is 0. The third-order valence-corrected chi connectivity index (χ3v) is 4.85. The lowest BCUT2D eigenvalue weighted by Gasteiger charge is -2.37. The molecule has 0 spiro atoms. The molecule has 5 nitrogen and oxygen atoms in total. The summed E-state index contributed by atoms with van der Waals surface area (Å²) in [6.07, 6.45) is 3.37. The summed E-state index contributed by atoms with van der Waals surface area (Å²) < 4.78 is 0. The first-order chi connectivity index (χ1) is 12.0. The number of H-pyrrole nitrogens is 1. The number of aromatic nitrogens is 1. The summed E-state index contributed by atoms with van der Waals surface area (Å²) in [5, 5.41) is 0. The highest BCUT2D eigenvalue weighted by Gasteiger charge is 2.35. The van der Waals surface area contributed by atoms with Crippen LogP contribution in [0.1, 0.15) is 48.7 Å². The van der Waals surface area contributed by atoms with E-state index in [-0.39, 0.29) is 17.7 Å². The molecule has 0 bridgehead atoms. The van der Waals surface area contributed by atoms with Crippen LogP contribution in [0.25, 0.3) is 0 Å². The summed E-state index contributed by atoms with van der Waals surface area (Å²) in [5.74, 6) is 0.123. The van der Waals surface area contributed by atoms with Crippen LogP contribution in [0.15, 0.2) is 42.6 Å². The van der Waals surface area contributed by atoms with E-state index >= 15 is 0 Å². The van der Waals surface area contributed by atoms with Crippen LogP contribution in [-0.4, -0.2) is 41.3 Å². The third-order valence-electron chi connectivity index (χ3n) is 4.85. The lowest BCUT2D eigenvalue weighted by atomic mass is 10.0. The van der Waals surface area contributed by atoms with Gasteiger partial charge in [0, 0.05) is 31.2 Å². The van der Waals surface area contributed by atoms with Gasteiger partial charge in [0.2, 0.25) is 5.91 Å². The molecule has 0 aliphatic carbocycles. The minimum Gasteiger partial charge on any atom is -0.364 e. The minimum absolute atomic E-state index is 0.00469. The number of benzene rings is 1. The van der Waals surface area contributed by atoms with Crippen molar-refractivity contribution in [3.63, 3.8) is 0 Å². The Morgan fingerprint density at radius 2 is 1.96 bits per heavy atom. The zero-order valence-corrected chi connectivity index (χ0v) is 15.0. The van der Waals surface area contributed by atoms with Crippen LogP contribution in [0.3, 0.4) is 0 Å². The fourth-order valence-electron chi connectivity index (χ4n) is 3.46. The number of carbonyl (C=O) groups is 2. The molecule has 1 unspecified atom stereocenters. The first-order valence-corrected chi connectivity index (χ1v) is 8.81. The molecule has 1 aliphatic heterocycles. The number of nitrogens with zero attached hydrogens (tertiary/aromatic N) is 2. The van der Waals surface area contributed by atoms with Gasteiger partial charge < -0.3 is 14.8 Å². The van der Waals surface area contributed by atoms with Gasteiger partial charge in [-0.3, -0.25) is 9.59 Å². The Bertz CT molecular complexity index is 751. The van der Waals surface area contributed by atoms with E-state index in [1.807, 2.05) is 44.2 Å². The standard InChI is InChI=1S/C20H25N3O2/c1-14(2)18-16(11-12-21-18)19(24)22(3)17-10-7-13-23(20(17)25)15-8-5-4-6-9-15/h4-6,8-9,11-12,14,17,21H,7,10,13H2,1-3H3. The number of anilines is 1. The molecule has 1 aliphatic rings. The topological polar surface area (TPSA) is 56.4 Å². The van der Waals surface area contributed by atoms with Gasteiger partial charge in [0.15, 0.2) is 0 Å². The zero-order valence-electron chi connectivity index (χ0n) is 15.0. The highest BCUT2D eigenvalue weighted by Crippen LogP contribution is 2.25. The molecule has 2 amide bonds. The van der Waals surface area contributed by atoms with Crippen LogP contribution < -0.4 is 4.90 Å². The van der Waals surface area contributed by atoms with Crippen molar-refractivity contribution < 1.29 is 9.59 Å². The predicted molar refractivity (Wildman–Crippen MR) is 98.8 cm³/mol. The lowest BCUT2D eigenvalue weighted by Crippen LogP contribution is -2.53. The third kappa shape index (κ3) is 3.31. The fraction of sp³-hybridized carbons (Fsp3) is 0.400. The van der Waals surface area contributed by atoms with Crippen molar-refractivity contribution in [3.8, 4) is 0 Å². The molecule has 1 N–H and O–H groups in total. The maximum absolute atomic E-state index is 13.0. The Hall–Kier alpha value is -2.56. The summed E-state index contributed by atoms with van der Waals surface area (Å²) in [7, 11) is 1.73. The number of hydrogen-bond acceptors (Lipinski definition) is 2. The Balaban J connectivity index is 1.81. The van der Waals surface area contributed by atoms with Gasteiger partial charge in [-0.2, -0.15) is 0 Å². The van der Waals surface area contributed by atoms with Gasteiger partial charge in [0.25, 0.3) is 5.91 Å². The SMILES string of the molecule is CC(C)c1[nH]ccc1C(=O)N(C)C1CCCN(c2ccccc2)C1=O. The largest absolute Gasteiger partial charge is 0.364 e. The van der Waals surface area contributed by atoms with Crippen molar-refractivity contribution in [1.29, 1.82) is 0 Å². The molecule has 2 aromatic rings. The molecule has 132 valence electrons. The first-order valence-electron chi connectivity index (χ1n) is 8.81. The smallest absolute Gasteiger partial charge is 0.256 e. The molecule has 3 rings (SSSR count). The van der Waals surface area contributed by atoms with Gasteiger partial charge >= 0.3 is 0 Å². The Morgan fingerprint density at radius 1 is 1.24 bits per heavy atom. The number of piperidine rings is 1. The maximum Gasteiger partial charge on any atom is 0.256 e. The monoisotopic (exact) mass is 339 g/mol. The second kappa shape index (κ2) is 7.13. The first kappa shape index (κ1) is 17.3. The van der Waals surface area contributed by atoms with E-state index in [2.05, 4.69) is 4.98 Å². The second-order valence-corrected chi connectivity index (χ2v) is 6.86. The summed E-state index contributed by atoms with van der Waals surface area (Å²) in [4.78, 5) is 32.5. The molecule has 2 heterocycles.